The lowest BCUT2D eigenvalue weighted by Gasteiger charge is -2.16. The molecule has 1 atom stereocenters. The summed E-state index contributed by atoms with van der Waals surface area (Å²) in [4.78, 5) is 0. The smallest absolute Gasteiger partial charge is 0.0615 e. The van der Waals surface area contributed by atoms with Gasteiger partial charge < -0.3 is 4.74 Å². The highest BCUT2D eigenvalue weighted by atomic mass is 16.5. The number of hydrogen-bond donors (Lipinski definition) is 0. The fourth-order valence-corrected chi connectivity index (χ4v) is 1.79. The summed E-state index contributed by atoms with van der Waals surface area (Å²) in [5.41, 5.74) is 1.38. The molecule has 0 aromatic heterocycles. The Labute approximate surface area is 93.5 Å². The van der Waals surface area contributed by atoms with E-state index in [1.165, 1.54) is 24.8 Å². The van der Waals surface area contributed by atoms with Crippen LogP contribution in [-0.4, -0.2) is 12.7 Å². The molecule has 84 valence electrons. The summed E-state index contributed by atoms with van der Waals surface area (Å²) >= 11 is 0. The first kappa shape index (κ1) is 12.3. The number of unbranched alkanes of at least 4 members (excludes halogenated alkanes) is 1. The minimum absolute atomic E-state index is 0.400. The monoisotopic (exact) mass is 206 g/mol. The molecule has 0 aliphatic heterocycles. The summed E-state index contributed by atoms with van der Waals surface area (Å²) in [5.74, 6) is 0. The Morgan fingerprint density at radius 2 is 1.87 bits per heavy atom. The van der Waals surface area contributed by atoms with Crippen LogP contribution in [0.4, 0.5) is 0 Å². The van der Waals surface area contributed by atoms with E-state index in [-0.39, 0.29) is 0 Å². The van der Waals surface area contributed by atoms with Crippen LogP contribution in [0.3, 0.4) is 0 Å². The van der Waals surface area contributed by atoms with Gasteiger partial charge in [-0.25, -0.2) is 0 Å². The maximum atomic E-state index is 5.75. The van der Waals surface area contributed by atoms with Gasteiger partial charge in [-0.3, -0.25) is 0 Å². The van der Waals surface area contributed by atoms with Crippen LogP contribution in [-0.2, 0) is 11.2 Å². The van der Waals surface area contributed by atoms with Gasteiger partial charge >= 0.3 is 0 Å². The predicted molar refractivity (Wildman–Crippen MR) is 65.1 cm³/mol. The van der Waals surface area contributed by atoms with E-state index in [1.807, 2.05) is 0 Å². The van der Waals surface area contributed by atoms with Crippen molar-refractivity contribution in [2.24, 2.45) is 0 Å². The molecule has 0 saturated carbocycles. The maximum absolute atomic E-state index is 5.75. The van der Waals surface area contributed by atoms with Crippen LogP contribution >= 0.6 is 0 Å². The molecule has 1 heteroatoms. The van der Waals surface area contributed by atoms with E-state index in [0.717, 1.165) is 13.0 Å². The number of rotatable bonds is 7. The molecule has 1 nitrogen and oxygen atoms in total. The van der Waals surface area contributed by atoms with Crippen LogP contribution < -0.4 is 0 Å². The van der Waals surface area contributed by atoms with Crippen LogP contribution in [0.1, 0.15) is 38.7 Å². The molecule has 1 aromatic carbocycles. The normalized spacial score (nSPS) is 12.7. The molecule has 0 fully saturated rings. The highest BCUT2D eigenvalue weighted by molar-refractivity contribution is 5.15. The zero-order chi connectivity index (χ0) is 10.9. The molecule has 0 bridgehead atoms. The molecule has 1 unspecified atom stereocenters. The summed E-state index contributed by atoms with van der Waals surface area (Å²) in [6, 6.07) is 10.6. The van der Waals surface area contributed by atoms with Crippen LogP contribution in [0.2, 0.25) is 0 Å². The number of benzene rings is 1. The van der Waals surface area contributed by atoms with Gasteiger partial charge in [0, 0.05) is 6.61 Å². The van der Waals surface area contributed by atoms with Gasteiger partial charge in [0.15, 0.2) is 0 Å². The molecule has 0 amide bonds. The van der Waals surface area contributed by atoms with E-state index in [9.17, 15) is 0 Å². The third-order valence-corrected chi connectivity index (χ3v) is 2.59. The van der Waals surface area contributed by atoms with E-state index in [1.54, 1.807) is 0 Å². The molecule has 0 N–H and O–H groups in total. The Balaban J connectivity index is 2.43. The lowest BCUT2D eigenvalue weighted by molar-refractivity contribution is 0.0556. The molecule has 0 spiro atoms. The zero-order valence-corrected chi connectivity index (χ0v) is 9.91. The highest BCUT2D eigenvalue weighted by Crippen LogP contribution is 2.11. The van der Waals surface area contributed by atoms with Gasteiger partial charge in [0.25, 0.3) is 0 Å². The first-order valence-corrected chi connectivity index (χ1v) is 6.02. The zero-order valence-electron chi connectivity index (χ0n) is 9.91. The third kappa shape index (κ3) is 4.98. The fourth-order valence-electron chi connectivity index (χ4n) is 1.79. The molecule has 0 aliphatic carbocycles. The standard InChI is InChI=1S/C14H22O/c1-3-5-11-14(15-4-2)12-13-9-7-6-8-10-13/h6-10,14H,3-5,11-12H2,1-2H3. The van der Waals surface area contributed by atoms with Crippen LogP contribution in [0.25, 0.3) is 0 Å². The summed E-state index contributed by atoms with van der Waals surface area (Å²) in [6.45, 7) is 5.12. The molecule has 0 heterocycles. The molecular formula is C14H22O. The second kappa shape index (κ2) is 7.47. The maximum Gasteiger partial charge on any atom is 0.0615 e. The number of ether oxygens (including phenoxy) is 1. The van der Waals surface area contributed by atoms with Gasteiger partial charge in [-0.05, 0) is 25.3 Å². The van der Waals surface area contributed by atoms with Crippen molar-refractivity contribution in [3.05, 3.63) is 35.9 Å². The van der Waals surface area contributed by atoms with Crippen LogP contribution in [0.15, 0.2) is 30.3 Å². The van der Waals surface area contributed by atoms with Gasteiger partial charge in [0.2, 0.25) is 0 Å². The summed E-state index contributed by atoms with van der Waals surface area (Å²) < 4.78 is 5.75. The fraction of sp³-hybridized carbons (Fsp3) is 0.571. The second-order valence-electron chi connectivity index (χ2n) is 3.91. The molecule has 0 radical (unpaired) electrons. The number of hydrogen-bond acceptors (Lipinski definition) is 1. The first-order chi connectivity index (χ1) is 7.36. The highest BCUT2D eigenvalue weighted by Gasteiger charge is 2.08. The summed E-state index contributed by atoms with van der Waals surface area (Å²) in [7, 11) is 0. The van der Waals surface area contributed by atoms with Crippen molar-refractivity contribution in [2.45, 2.75) is 45.6 Å². The Hall–Kier alpha value is -0.820. The van der Waals surface area contributed by atoms with Crippen molar-refractivity contribution in [1.29, 1.82) is 0 Å². The Morgan fingerprint density at radius 1 is 1.13 bits per heavy atom. The molecular weight excluding hydrogens is 184 g/mol. The molecule has 15 heavy (non-hydrogen) atoms. The molecule has 1 aromatic rings. The topological polar surface area (TPSA) is 9.23 Å². The van der Waals surface area contributed by atoms with E-state index < -0.39 is 0 Å². The quantitative estimate of drug-likeness (QED) is 0.659. The van der Waals surface area contributed by atoms with Crippen molar-refractivity contribution in [3.63, 3.8) is 0 Å². The van der Waals surface area contributed by atoms with E-state index >= 15 is 0 Å². The van der Waals surface area contributed by atoms with Crippen molar-refractivity contribution in [3.8, 4) is 0 Å². The van der Waals surface area contributed by atoms with Gasteiger partial charge in [-0.1, -0.05) is 50.1 Å². The average Bonchev–Trinajstić information content (AvgIpc) is 2.28. The van der Waals surface area contributed by atoms with Gasteiger partial charge in [0.05, 0.1) is 6.10 Å². The average molecular weight is 206 g/mol. The lowest BCUT2D eigenvalue weighted by atomic mass is 10.0. The van der Waals surface area contributed by atoms with E-state index in [4.69, 9.17) is 4.74 Å². The second-order valence-corrected chi connectivity index (χ2v) is 3.91. The van der Waals surface area contributed by atoms with Gasteiger partial charge in [-0.2, -0.15) is 0 Å². The third-order valence-electron chi connectivity index (χ3n) is 2.59. The van der Waals surface area contributed by atoms with Gasteiger partial charge in [-0.15, -0.1) is 0 Å². The summed E-state index contributed by atoms with van der Waals surface area (Å²) in [5, 5.41) is 0. The Bertz CT molecular complexity index is 243. The SMILES string of the molecule is CCCCC(Cc1ccccc1)OCC. The van der Waals surface area contributed by atoms with Gasteiger partial charge in [0.1, 0.15) is 0 Å². The molecule has 0 aliphatic rings. The predicted octanol–water partition coefficient (Wildman–Crippen LogP) is 3.82. The summed E-state index contributed by atoms with van der Waals surface area (Å²) in [6.07, 6.45) is 5.14. The minimum atomic E-state index is 0.400. The lowest BCUT2D eigenvalue weighted by Crippen LogP contribution is -2.16. The molecule has 0 saturated heterocycles. The largest absolute Gasteiger partial charge is 0.378 e. The Kier molecular flexibility index (Phi) is 6.10. The van der Waals surface area contributed by atoms with Crippen molar-refractivity contribution in [1.82, 2.24) is 0 Å². The van der Waals surface area contributed by atoms with Crippen molar-refractivity contribution < 1.29 is 4.74 Å². The minimum Gasteiger partial charge on any atom is -0.378 e. The van der Waals surface area contributed by atoms with Crippen molar-refractivity contribution in [2.75, 3.05) is 6.61 Å². The first-order valence-electron chi connectivity index (χ1n) is 6.02. The van der Waals surface area contributed by atoms with Crippen LogP contribution in [0, 0.1) is 0 Å². The van der Waals surface area contributed by atoms with E-state index in [0.29, 0.717) is 6.10 Å². The Morgan fingerprint density at radius 3 is 2.47 bits per heavy atom. The molecule has 1 rings (SSSR count). The van der Waals surface area contributed by atoms with Crippen LogP contribution in [0.5, 0.6) is 0 Å². The van der Waals surface area contributed by atoms with E-state index in [2.05, 4.69) is 44.2 Å². The van der Waals surface area contributed by atoms with Crippen molar-refractivity contribution >= 4 is 0 Å².